The zero-order chi connectivity index (χ0) is 13.9. The summed E-state index contributed by atoms with van der Waals surface area (Å²) in [4.78, 5) is 19.1. The Morgan fingerprint density at radius 1 is 1.35 bits per heavy atom. The van der Waals surface area contributed by atoms with Crippen molar-refractivity contribution in [3.63, 3.8) is 0 Å². The van der Waals surface area contributed by atoms with E-state index in [-0.39, 0.29) is 5.91 Å². The maximum Gasteiger partial charge on any atom is 0.228 e. The topological polar surface area (TPSA) is 90.7 Å². The number of anilines is 2. The molecule has 0 fully saturated rings. The lowest BCUT2D eigenvalue weighted by molar-refractivity contribution is -0.115. The van der Waals surface area contributed by atoms with Gasteiger partial charge in [0.15, 0.2) is 0 Å². The van der Waals surface area contributed by atoms with Gasteiger partial charge < -0.3 is 10.6 Å². The predicted molar refractivity (Wildman–Crippen MR) is 72.8 cm³/mol. The first-order valence-corrected chi connectivity index (χ1v) is 6.12. The molecule has 0 atom stereocenters. The molecule has 0 aliphatic carbocycles. The first kappa shape index (κ1) is 12.1. The van der Waals surface area contributed by atoms with Gasteiger partial charge in [0, 0.05) is 18.3 Å². The highest BCUT2D eigenvalue weighted by Crippen LogP contribution is 2.24. The fourth-order valence-electron chi connectivity index (χ4n) is 2.10. The molecule has 0 bridgehead atoms. The van der Waals surface area contributed by atoms with Crippen molar-refractivity contribution in [1.29, 1.82) is 5.26 Å². The number of amides is 1. The molecular formula is C14H11N5O. The molecule has 0 radical (unpaired) electrons. The second kappa shape index (κ2) is 4.97. The van der Waals surface area contributed by atoms with Gasteiger partial charge in [0.2, 0.25) is 5.91 Å². The van der Waals surface area contributed by atoms with E-state index in [1.54, 1.807) is 6.07 Å². The molecule has 2 N–H and O–H groups in total. The Kier molecular flexibility index (Phi) is 3.01. The lowest BCUT2D eigenvalue weighted by Crippen LogP contribution is -2.03. The highest BCUT2D eigenvalue weighted by molar-refractivity contribution is 5.99. The van der Waals surface area contributed by atoms with E-state index in [2.05, 4.69) is 20.6 Å². The van der Waals surface area contributed by atoms with Crippen molar-refractivity contribution in [1.82, 2.24) is 9.97 Å². The van der Waals surface area contributed by atoms with E-state index >= 15 is 0 Å². The minimum atomic E-state index is 0.0274. The molecule has 98 valence electrons. The van der Waals surface area contributed by atoms with Crippen LogP contribution in [-0.2, 0) is 17.8 Å². The highest BCUT2D eigenvalue weighted by atomic mass is 16.1. The van der Waals surface area contributed by atoms with Crippen LogP contribution in [0.4, 0.5) is 11.5 Å². The summed E-state index contributed by atoms with van der Waals surface area (Å²) in [5.41, 5.74) is 3.27. The molecule has 1 aromatic carbocycles. The first-order valence-electron chi connectivity index (χ1n) is 6.12. The number of hydrogen-bond acceptors (Lipinski definition) is 5. The molecule has 6 heteroatoms. The zero-order valence-electron chi connectivity index (χ0n) is 10.6. The predicted octanol–water partition coefficient (Wildman–Crippen LogP) is 1.45. The van der Waals surface area contributed by atoms with Crippen LogP contribution in [0.1, 0.15) is 16.8 Å². The van der Waals surface area contributed by atoms with Gasteiger partial charge in [-0.25, -0.2) is 9.97 Å². The maximum absolute atomic E-state index is 11.3. The zero-order valence-corrected chi connectivity index (χ0v) is 10.6. The summed E-state index contributed by atoms with van der Waals surface area (Å²) >= 11 is 0. The Labute approximate surface area is 115 Å². The molecule has 0 saturated carbocycles. The van der Waals surface area contributed by atoms with Crippen LogP contribution in [0.15, 0.2) is 30.6 Å². The lowest BCUT2D eigenvalue weighted by Gasteiger charge is -2.07. The Morgan fingerprint density at radius 3 is 3.10 bits per heavy atom. The van der Waals surface area contributed by atoms with Crippen LogP contribution in [0.5, 0.6) is 0 Å². The Balaban J connectivity index is 1.71. The van der Waals surface area contributed by atoms with E-state index in [0.29, 0.717) is 24.5 Å². The van der Waals surface area contributed by atoms with Gasteiger partial charge in [0.05, 0.1) is 6.42 Å². The Morgan fingerprint density at radius 2 is 2.25 bits per heavy atom. The molecule has 1 aliphatic heterocycles. The van der Waals surface area contributed by atoms with Crippen LogP contribution in [0.2, 0.25) is 0 Å². The summed E-state index contributed by atoms with van der Waals surface area (Å²) in [6.07, 6.45) is 1.78. The van der Waals surface area contributed by atoms with E-state index in [1.165, 1.54) is 6.33 Å². The van der Waals surface area contributed by atoms with E-state index < -0.39 is 0 Å². The number of nitrogens with one attached hydrogen (secondary N) is 2. The van der Waals surface area contributed by atoms with Gasteiger partial charge in [-0.2, -0.15) is 5.26 Å². The van der Waals surface area contributed by atoms with Crippen molar-refractivity contribution in [3.8, 4) is 6.07 Å². The van der Waals surface area contributed by atoms with Crippen molar-refractivity contribution in [3.05, 3.63) is 47.4 Å². The monoisotopic (exact) mass is 265 g/mol. The van der Waals surface area contributed by atoms with Gasteiger partial charge in [0.25, 0.3) is 0 Å². The number of benzene rings is 1. The summed E-state index contributed by atoms with van der Waals surface area (Å²) < 4.78 is 0. The minimum absolute atomic E-state index is 0.0274. The molecule has 1 amide bonds. The van der Waals surface area contributed by atoms with Gasteiger partial charge in [-0.3, -0.25) is 4.79 Å². The maximum atomic E-state index is 11.3. The first-order chi connectivity index (χ1) is 9.74. The van der Waals surface area contributed by atoms with Crippen LogP contribution in [0.25, 0.3) is 0 Å². The molecule has 1 aromatic heterocycles. The number of carbonyl (C=O) groups is 1. The average molecular weight is 265 g/mol. The number of carbonyl (C=O) groups excluding carboxylic acids is 1. The number of hydrogen-bond donors (Lipinski definition) is 2. The van der Waals surface area contributed by atoms with Crippen LogP contribution in [-0.4, -0.2) is 15.9 Å². The van der Waals surface area contributed by atoms with Crippen molar-refractivity contribution in [2.45, 2.75) is 13.0 Å². The van der Waals surface area contributed by atoms with Gasteiger partial charge >= 0.3 is 0 Å². The molecule has 0 spiro atoms. The van der Waals surface area contributed by atoms with Gasteiger partial charge in [-0.15, -0.1) is 0 Å². The van der Waals surface area contributed by atoms with E-state index in [1.807, 2.05) is 24.3 Å². The molecule has 3 rings (SSSR count). The minimum Gasteiger partial charge on any atom is -0.366 e. The van der Waals surface area contributed by atoms with E-state index in [0.717, 1.165) is 16.8 Å². The number of nitrogens with zero attached hydrogens (tertiary/aromatic N) is 3. The number of nitriles is 1. The third-order valence-electron chi connectivity index (χ3n) is 3.05. The molecule has 1 aliphatic rings. The molecular weight excluding hydrogens is 254 g/mol. The summed E-state index contributed by atoms with van der Waals surface area (Å²) in [6, 6.07) is 9.40. The normalized spacial score (nSPS) is 12.4. The van der Waals surface area contributed by atoms with Gasteiger partial charge in [-0.1, -0.05) is 12.1 Å². The SMILES string of the molecule is N#Cc1cc(NCc2ccc3c(c2)CC(=O)N3)ncn1. The molecule has 0 unspecified atom stereocenters. The van der Waals surface area contributed by atoms with Gasteiger partial charge in [0.1, 0.15) is 23.9 Å². The van der Waals surface area contributed by atoms with Crippen molar-refractivity contribution in [2.75, 3.05) is 10.6 Å². The third-order valence-corrected chi connectivity index (χ3v) is 3.05. The second-order valence-corrected chi connectivity index (χ2v) is 4.47. The average Bonchev–Trinajstić information content (AvgIpc) is 2.84. The van der Waals surface area contributed by atoms with Crippen LogP contribution in [0, 0.1) is 11.3 Å². The van der Waals surface area contributed by atoms with Crippen molar-refractivity contribution >= 4 is 17.4 Å². The largest absolute Gasteiger partial charge is 0.366 e. The van der Waals surface area contributed by atoms with Gasteiger partial charge in [-0.05, 0) is 17.2 Å². The molecule has 6 nitrogen and oxygen atoms in total. The summed E-state index contributed by atoms with van der Waals surface area (Å²) in [5.74, 6) is 0.630. The number of aromatic nitrogens is 2. The third kappa shape index (κ3) is 2.42. The molecule has 2 heterocycles. The lowest BCUT2D eigenvalue weighted by atomic mass is 10.1. The summed E-state index contributed by atoms with van der Waals surface area (Å²) in [7, 11) is 0. The standard InChI is InChI=1S/C14H11N5O/c15-6-11-5-13(18-8-17-11)16-7-9-1-2-12-10(3-9)4-14(20)19-12/h1-3,5,8H,4,7H2,(H,19,20)(H,16,17,18). The van der Waals surface area contributed by atoms with Crippen LogP contribution in [0.3, 0.4) is 0 Å². The van der Waals surface area contributed by atoms with E-state index in [9.17, 15) is 4.79 Å². The quantitative estimate of drug-likeness (QED) is 0.876. The second-order valence-electron chi connectivity index (χ2n) is 4.47. The molecule has 20 heavy (non-hydrogen) atoms. The Hall–Kier alpha value is -2.94. The van der Waals surface area contributed by atoms with E-state index in [4.69, 9.17) is 5.26 Å². The van der Waals surface area contributed by atoms with Crippen molar-refractivity contribution in [2.24, 2.45) is 0 Å². The highest BCUT2D eigenvalue weighted by Gasteiger charge is 2.17. The fourth-order valence-corrected chi connectivity index (χ4v) is 2.10. The Bertz CT molecular complexity index is 720. The van der Waals surface area contributed by atoms with Crippen molar-refractivity contribution < 1.29 is 4.79 Å². The smallest absolute Gasteiger partial charge is 0.228 e. The molecule has 2 aromatic rings. The fraction of sp³-hybridized carbons (Fsp3) is 0.143. The summed E-state index contributed by atoms with van der Waals surface area (Å²) in [5, 5.41) is 14.7. The van der Waals surface area contributed by atoms with Crippen LogP contribution < -0.4 is 10.6 Å². The van der Waals surface area contributed by atoms with Crippen LogP contribution >= 0.6 is 0 Å². The number of rotatable bonds is 3. The summed E-state index contributed by atoms with van der Waals surface area (Å²) in [6.45, 7) is 0.573. The molecule has 0 saturated heterocycles. The number of fused-ring (bicyclic) bond motifs is 1.